The molecule has 0 unspecified atom stereocenters. The Balaban J connectivity index is 1.42. The zero-order valence-electron chi connectivity index (χ0n) is 13.2. The van der Waals surface area contributed by atoms with Crippen molar-refractivity contribution in [1.29, 1.82) is 0 Å². The quantitative estimate of drug-likeness (QED) is 0.852. The van der Waals surface area contributed by atoms with E-state index in [4.69, 9.17) is 21.1 Å². The molecule has 1 amide bonds. The first kappa shape index (κ1) is 15.4. The lowest BCUT2D eigenvalue weighted by molar-refractivity contribution is -0.139. The predicted octanol–water partition coefficient (Wildman–Crippen LogP) is 2.98. The summed E-state index contributed by atoms with van der Waals surface area (Å²) in [6, 6.07) is 7.77. The van der Waals surface area contributed by atoms with Gasteiger partial charge in [-0.2, -0.15) is 0 Å². The van der Waals surface area contributed by atoms with Gasteiger partial charge in [0.25, 0.3) is 0 Å². The minimum Gasteiger partial charge on any atom is -0.350 e. The SMILES string of the molecule is O=C(N1CCC(C2OCCO2)CC1)C1(c2cccc(Cl)c2)CC1. The van der Waals surface area contributed by atoms with Gasteiger partial charge in [-0.05, 0) is 43.4 Å². The average molecular weight is 336 g/mol. The molecule has 2 aliphatic heterocycles. The molecule has 1 aromatic carbocycles. The van der Waals surface area contributed by atoms with Crippen molar-refractivity contribution in [3.8, 4) is 0 Å². The lowest BCUT2D eigenvalue weighted by Gasteiger charge is -2.36. The Morgan fingerprint density at radius 3 is 2.48 bits per heavy atom. The maximum atomic E-state index is 13.0. The molecule has 1 aliphatic carbocycles. The number of ether oxygens (including phenoxy) is 2. The largest absolute Gasteiger partial charge is 0.350 e. The van der Waals surface area contributed by atoms with Gasteiger partial charge in [0.2, 0.25) is 5.91 Å². The third-order valence-corrected chi connectivity index (χ3v) is 5.63. The maximum Gasteiger partial charge on any atom is 0.233 e. The molecule has 4 nitrogen and oxygen atoms in total. The summed E-state index contributed by atoms with van der Waals surface area (Å²) >= 11 is 6.11. The van der Waals surface area contributed by atoms with Crippen LogP contribution in [-0.2, 0) is 19.7 Å². The molecule has 0 radical (unpaired) electrons. The molecule has 0 N–H and O–H groups in total. The van der Waals surface area contributed by atoms with E-state index < -0.39 is 0 Å². The van der Waals surface area contributed by atoms with Crippen LogP contribution in [0.2, 0.25) is 5.02 Å². The number of nitrogens with zero attached hydrogens (tertiary/aromatic N) is 1. The fraction of sp³-hybridized carbons (Fsp3) is 0.611. The number of hydrogen-bond donors (Lipinski definition) is 0. The van der Waals surface area contributed by atoms with Crippen molar-refractivity contribution >= 4 is 17.5 Å². The van der Waals surface area contributed by atoms with E-state index in [1.165, 1.54) is 0 Å². The summed E-state index contributed by atoms with van der Waals surface area (Å²) in [6.07, 6.45) is 3.72. The van der Waals surface area contributed by atoms with Gasteiger partial charge in [0.15, 0.2) is 6.29 Å². The highest BCUT2D eigenvalue weighted by atomic mass is 35.5. The maximum absolute atomic E-state index is 13.0. The van der Waals surface area contributed by atoms with Crippen molar-refractivity contribution in [1.82, 2.24) is 4.90 Å². The second-order valence-electron chi connectivity index (χ2n) is 6.83. The molecular weight excluding hydrogens is 314 g/mol. The number of benzene rings is 1. The number of amides is 1. The van der Waals surface area contributed by atoms with Gasteiger partial charge in [0.1, 0.15) is 0 Å². The molecule has 3 fully saturated rings. The molecule has 0 atom stereocenters. The van der Waals surface area contributed by atoms with Gasteiger partial charge < -0.3 is 14.4 Å². The zero-order valence-corrected chi connectivity index (χ0v) is 13.9. The van der Waals surface area contributed by atoms with Crippen molar-refractivity contribution in [2.75, 3.05) is 26.3 Å². The molecule has 2 saturated heterocycles. The Labute approximate surface area is 141 Å². The summed E-state index contributed by atoms with van der Waals surface area (Å²) in [5.41, 5.74) is 0.748. The van der Waals surface area contributed by atoms with E-state index >= 15 is 0 Å². The third kappa shape index (κ3) is 2.88. The first-order valence-corrected chi connectivity index (χ1v) is 8.85. The monoisotopic (exact) mass is 335 g/mol. The Hall–Kier alpha value is -1.10. The van der Waals surface area contributed by atoms with Crippen LogP contribution in [0, 0.1) is 5.92 Å². The van der Waals surface area contributed by atoms with Crippen LogP contribution in [0.3, 0.4) is 0 Å². The molecule has 3 aliphatic rings. The van der Waals surface area contributed by atoms with Gasteiger partial charge in [-0.1, -0.05) is 23.7 Å². The van der Waals surface area contributed by atoms with Crippen LogP contribution in [0.5, 0.6) is 0 Å². The van der Waals surface area contributed by atoms with E-state index in [0.717, 1.165) is 44.3 Å². The van der Waals surface area contributed by atoms with E-state index in [1.54, 1.807) is 0 Å². The van der Waals surface area contributed by atoms with Crippen LogP contribution < -0.4 is 0 Å². The summed E-state index contributed by atoms with van der Waals surface area (Å²) in [5.74, 6) is 0.689. The highest BCUT2D eigenvalue weighted by molar-refractivity contribution is 6.30. The molecule has 2 heterocycles. The summed E-state index contributed by atoms with van der Waals surface area (Å²) < 4.78 is 11.2. The first-order chi connectivity index (χ1) is 11.2. The topological polar surface area (TPSA) is 38.8 Å². The number of rotatable bonds is 3. The van der Waals surface area contributed by atoms with Gasteiger partial charge in [-0.25, -0.2) is 0 Å². The van der Waals surface area contributed by atoms with Crippen molar-refractivity contribution in [2.24, 2.45) is 5.92 Å². The zero-order chi connectivity index (χ0) is 15.9. The second-order valence-corrected chi connectivity index (χ2v) is 7.27. The molecule has 0 spiro atoms. The highest BCUT2D eigenvalue weighted by Gasteiger charge is 2.53. The normalized spacial score (nSPS) is 24.8. The standard InChI is InChI=1S/C18H22ClNO3/c19-15-3-1-2-14(12-15)18(6-7-18)17(21)20-8-4-13(5-9-20)16-22-10-11-23-16/h1-3,12-13,16H,4-11H2. The van der Waals surface area contributed by atoms with Crippen LogP contribution in [0.4, 0.5) is 0 Å². The Morgan fingerprint density at radius 2 is 1.87 bits per heavy atom. The number of likely N-dealkylation sites (tertiary alicyclic amines) is 1. The molecular formula is C18H22ClNO3. The summed E-state index contributed by atoms with van der Waals surface area (Å²) in [7, 11) is 0. The highest BCUT2D eigenvalue weighted by Crippen LogP contribution is 2.50. The molecule has 5 heteroatoms. The first-order valence-electron chi connectivity index (χ1n) is 8.48. The Bertz CT molecular complexity index is 588. The van der Waals surface area contributed by atoms with Crippen LogP contribution in [0.25, 0.3) is 0 Å². The van der Waals surface area contributed by atoms with Crippen LogP contribution in [-0.4, -0.2) is 43.4 Å². The van der Waals surface area contributed by atoms with E-state index in [9.17, 15) is 4.79 Å². The average Bonchev–Trinajstić information content (AvgIpc) is 3.21. The lowest BCUT2D eigenvalue weighted by atomic mass is 9.91. The number of carbonyl (C=O) groups excluding carboxylic acids is 1. The van der Waals surface area contributed by atoms with Crippen molar-refractivity contribution in [3.05, 3.63) is 34.9 Å². The van der Waals surface area contributed by atoms with Crippen molar-refractivity contribution in [2.45, 2.75) is 37.4 Å². The summed E-state index contributed by atoms with van der Waals surface area (Å²) in [4.78, 5) is 15.1. The van der Waals surface area contributed by atoms with Gasteiger partial charge in [-0.15, -0.1) is 0 Å². The van der Waals surface area contributed by atoms with Gasteiger partial charge in [-0.3, -0.25) is 4.79 Å². The van der Waals surface area contributed by atoms with E-state index in [1.807, 2.05) is 29.2 Å². The van der Waals surface area contributed by atoms with Crippen molar-refractivity contribution < 1.29 is 14.3 Å². The van der Waals surface area contributed by atoms with Gasteiger partial charge in [0, 0.05) is 24.0 Å². The minimum atomic E-state index is -0.321. The van der Waals surface area contributed by atoms with E-state index in [2.05, 4.69) is 0 Å². The molecule has 124 valence electrons. The van der Waals surface area contributed by atoms with Crippen molar-refractivity contribution in [3.63, 3.8) is 0 Å². The van der Waals surface area contributed by atoms with Crippen LogP contribution >= 0.6 is 11.6 Å². The lowest BCUT2D eigenvalue weighted by Crippen LogP contribution is -2.45. The molecule has 0 bridgehead atoms. The molecule has 0 aromatic heterocycles. The van der Waals surface area contributed by atoms with Crippen LogP contribution in [0.1, 0.15) is 31.2 Å². The number of carbonyl (C=O) groups is 1. The molecule has 4 rings (SSSR count). The molecule has 1 aromatic rings. The van der Waals surface area contributed by atoms with E-state index in [0.29, 0.717) is 24.2 Å². The Morgan fingerprint density at radius 1 is 1.17 bits per heavy atom. The second kappa shape index (κ2) is 6.08. The third-order valence-electron chi connectivity index (χ3n) is 5.40. The van der Waals surface area contributed by atoms with Crippen LogP contribution in [0.15, 0.2) is 24.3 Å². The number of hydrogen-bond acceptors (Lipinski definition) is 3. The number of halogens is 1. The fourth-order valence-electron chi connectivity index (χ4n) is 3.86. The van der Waals surface area contributed by atoms with Gasteiger partial charge in [0.05, 0.1) is 18.6 Å². The predicted molar refractivity (Wildman–Crippen MR) is 87.4 cm³/mol. The molecule has 1 saturated carbocycles. The number of piperidine rings is 1. The minimum absolute atomic E-state index is 0.0601. The van der Waals surface area contributed by atoms with E-state index in [-0.39, 0.29) is 17.6 Å². The summed E-state index contributed by atoms with van der Waals surface area (Å²) in [5, 5.41) is 0.704. The smallest absolute Gasteiger partial charge is 0.233 e. The molecule has 23 heavy (non-hydrogen) atoms. The Kier molecular flexibility index (Phi) is 4.08. The fourth-order valence-corrected chi connectivity index (χ4v) is 4.05. The summed E-state index contributed by atoms with van der Waals surface area (Å²) in [6.45, 7) is 2.99. The van der Waals surface area contributed by atoms with Gasteiger partial charge >= 0.3 is 0 Å².